The van der Waals surface area contributed by atoms with Gasteiger partial charge in [-0.15, -0.1) is 0 Å². The minimum atomic E-state index is -0.180. The molecule has 130 valence electrons. The van der Waals surface area contributed by atoms with Crippen LogP contribution in [0.25, 0.3) is 6.08 Å². The molecular formula is C21H23NO3. The zero-order valence-corrected chi connectivity index (χ0v) is 14.4. The summed E-state index contributed by atoms with van der Waals surface area (Å²) in [6.45, 7) is 0. The van der Waals surface area contributed by atoms with E-state index >= 15 is 0 Å². The molecular weight excluding hydrogens is 314 g/mol. The van der Waals surface area contributed by atoms with Gasteiger partial charge in [-0.05, 0) is 49.5 Å². The molecule has 1 saturated carbocycles. The van der Waals surface area contributed by atoms with Crippen molar-refractivity contribution in [2.75, 3.05) is 12.4 Å². The number of carbonyl (C=O) groups is 1. The van der Waals surface area contributed by atoms with Crippen LogP contribution in [-0.2, 0) is 4.79 Å². The number of hydrogen-bond donors (Lipinski definition) is 1. The van der Waals surface area contributed by atoms with Gasteiger partial charge in [-0.2, -0.15) is 0 Å². The molecule has 0 radical (unpaired) electrons. The normalized spacial score (nSPS) is 14.6. The third-order valence-electron chi connectivity index (χ3n) is 4.25. The number of methoxy groups -OCH3 is 1. The van der Waals surface area contributed by atoms with E-state index in [0.29, 0.717) is 17.2 Å². The largest absolute Gasteiger partial charge is 0.493 e. The highest BCUT2D eigenvalue weighted by Crippen LogP contribution is 2.33. The van der Waals surface area contributed by atoms with Crippen LogP contribution in [0, 0.1) is 0 Å². The molecule has 1 fully saturated rings. The Balaban J connectivity index is 1.67. The second-order valence-corrected chi connectivity index (χ2v) is 6.12. The van der Waals surface area contributed by atoms with Crippen LogP contribution in [0.2, 0.25) is 0 Å². The van der Waals surface area contributed by atoms with E-state index in [1.165, 1.54) is 18.9 Å². The molecule has 3 rings (SSSR count). The summed E-state index contributed by atoms with van der Waals surface area (Å²) in [5.74, 6) is 1.19. The van der Waals surface area contributed by atoms with E-state index in [0.717, 1.165) is 18.4 Å². The maximum atomic E-state index is 12.1. The lowest BCUT2D eigenvalue weighted by molar-refractivity contribution is -0.111. The summed E-state index contributed by atoms with van der Waals surface area (Å²) in [5.41, 5.74) is 1.68. The van der Waals surface area contributed by atoms with Crippen molar-refractivity contribution in [1.29, 1.82) is 0 Å². The van der Waals surface area contributed by atoms with Crippen LogP contribution in [0.3, 0.4) is 0 Å². The van der Waals surface area contributed by atoms with Crippen molar-refractivity contribution in [2.24, 2.45) is 0 Å². The molecule has 2 aromatic carbocycles. The predicted octanol–water partition coefficient (Wildman–Crippen LogP) is 4.67. The molecule has 0 unspecified atom stereocenters. The number of amides is 1. The Hall–Kier alpha value is -2.75. The summed E-state index contributed by atoms with van der Waals surface area (Å²) < 4.78 is 11.4. The quantitative estimate of drug-likeness (QED) is 0.779. The molecule has 25 heavy (non-hydrogen) atoms. The van der Waals surface area contributed by atoms with Crippen LogP contribution >= 0.6 is 0 Å². The van der Waals surface area contributed by atoms with Crippen LogP contribution in [0.1, 0.15) is 31.2 Å². The van der Waals surface area contributed by atoms with Gasteiger partial charge in [-0.1, -0.05) is 30.3 Å². The lowest BCUT2D eigenvalue weighted by Crippen LogP contribution is -2.12. The highest BCUT2D eigenvalue weighted by atomic mass is 16.5. The number of hydrogen-bond acceptors (Lipinski definition) is 3. The Kier molecular flexibility index (Phi) is 5.73. The summed E-state index contributed by atoms with van der Waals surface area (Å²) in [6.07, 6.45) is 8.09. The summed E-state index contributed by atoms with van der Waals surface area (Å²) in [7, 11) is 1.62. The lowest BCUT2D eigenvalue weighted by atomic mass is 10.2. The van der Waals surface area contributed by atoms with Gasteiger partial charge in [0.25, 0.3) is 0 Å². The first-order valence-electron chi connectivity index (χ1n) is 8.63. The molecule has 0 aromatic heterocycles. The summed E-state index contributed by atoms with van der Waals surface area (Å²) in [6, 6.07) is 15.2. The third-order valence-corrected chi connectivity index (χ3v) is 4.25. The molecule has 1 aliphatic carbocycles. The van der Waals surface area contributed by atoms with E-state index in [-0.39, 0.29) is 12.0 Å². The number of ether oxygens (including phenoxy) is 2. The van der Waals surface area contributed by atoms with Crippen LogP contribution in [-0.4, -0.2) is 19.1 Å². The van der Waals surface area contributed by atoms with Crippen LogP contribution < -0.4 is 14.8 Å². The van der Waals surface area contributed by atoms with Crippen LogP contribution in [0.15, 0.2) is 54.6 Å². The summed E-state index contributed by atoms with van der Waals surface area (Å²) >= 11 is 0. The molecule has 0 aliphatic heterocycles. The molecule has 0 atom stereocenters. The van der Waals surface area contributed by atoms with Crippen molar-refractivity contribution in [3.63, 3.8) is 0 Å². The number of rotatable bonds is 6. The molecule has 2 aromatic rings. The molecule has 0 bridgehead atoms. The van der Waals surface area contributed by atoms with E-state index in [2.05, 4.69) is 5.32 Å². The van der Waals surface area contributed by atoms with E-state index in [1.54, 1.807) is 13.2 Å². The van der Waals surface area contributed by atoms with Gasteiger partial charge in [0.15, 0.2) is 11.5 Å². The topological polar surface area (TPSA) is 47.6 Å². The second-order valence-electron chi connectivity index (χ2n) is 6.12. The predicted molar refractivity (Wildman–Crippen MR) is 100.0 cm³/mol. The maximum absolute atomic E-state index is 12.1. The van der Waals surface area contributed by atoms with Gasteiger partial charge in [0, 0.05) is 17.8 Å². The number of carbonyl (C=O) groups excluding carboxylic acids is 1. The number of anilines is 1. The van der Waals surface area contributed by atoms with Gasteiger partial charge in [0.1, 0.15) is 0 Å². The minimum absolute atomic E-state index is 0.180. The Bertz CT molecular complexity index is 734. The van der Waals surface area contributed by atoms with Crippen molar-refractivity contribution in [3.05, 3.63) is 60.2 Å². The molecule has 1 amide bonds. The van der Waals surface area contributed by atoms with Gasteiger partial charge in [0.2, 0.25) is 5.91 Å². The third kappa shape index (κ3) is 4.86. The van der Waals surface area contributed by atoms with Gasteiger partial charge < -0.3 is 14.8 Å². The van der Waals surface area contributed by atoms with Gasteiger partial charge in [0.05, 0.1) is 13.2 Å². The molecule has 0 heterocycles. The molecule has 1 N–H and O–H groups in total. The average Bonchev–Trinajstić information content (AvgIpc) is 3.14. The zero-order chi connectivity index (χ0) is 17.5. The van der Waals surface area contributed by atoms with Crippen molar-refractivity contribution in [1.82, 2.24) is 0 Å². The van der Waals surface area contributed by atoms with Crippen LogP contribution in [0.5, 0.6) is 11.5 Å². The van der Waals surface area contributed by atoms with E-state index < -0.39 is 0 Å². The monoisotopic (exact) mass is 337 g/mol. The lowest BCUT2D eigenvalue weighted by Gasteiger charge is -2.17. The van der Waals surface area contributed by atoms with Crippen molar-refractivity contribution < 1.29 is 14.3 Å². The van der Waals surface area contributed by atoms with E-state index in [4.69, 9.17) is 9.47 Å². The van der Waals surface area contributed by atoms with Gasteiger partial charge in [-0.25, -0.2) is 0 Å². The van der Waals surface area contributed by atoms with Gasteiger partial charge in [-0.3, -0.25) is 4.79 Å². The highest BCUT2D eigenvalue weighted by Gasteiger charge is 2.18. The molecule has 0 saturated heterocycles. The zero-order valence-electron chi connectivity index (χ0n) is 14.4. The maximum Gasteiger partial charge on any atom is 0.248 e. The SMILES string of the molecule is COc1ccc(NC(=O)/C=C/c2ccccc2)cc1OC1CCCC1. The number of benzene rings is 2. The number of nitrogens with one attached hydrogen (secondary N) is 1. The Morgan fingerprint density at radius 3 is 2.56 bits per heavy atom. The van der Waals surface area contributed by atoms with Crippen molar-refractivity contribution in [2.45, 2.75) is 31.8 Å². The fourth-order valence-electron chi connectivity index (χ4n) is 2.95. The first-order valence-corrected chi connectivity index (χ1v) is 8.63. The average molecular weight is 337 g/mol. The summed E-state index contributed by atoms with van der Waals surface area (Å²) in [5, 5.41) is 2.87. The van der Waals surface area contributed by atoms with Crippen LogP contribution in [0.4, 0.5) is 5.69 Å². The Morgan fingerprint density at radius 1 is 1.08 bits per heavy atom. The smallest absolute Gasteiger partial charge is 0.248 e. The second kappa shape index (κ2) is 8.38. The molecule has 4 nitrogen and oxygen atoms in total. The fourth-order valence-corrected chi connectivity index (χ4v) is 2.95. The Morgan fingerprint density at radius 2 is 1.84 bits per heavy atom. The molecule has 0 spiro atoms. The Labute approximate surface area is 148 Å². The first-order chi connectivity index (χ1) is 12.2. The van der Waals surface area contributed by atoms with Gasteiger partial charge >= 0.3 is 0 Å². The highest BCUT2D eigenvalue weighted by molar-refractivity contribution is 6.02. The van der Waals surface area contributed by atoms with E-state index in [1.807, 2.05) is 48.5 Å². The molecule has 1 aliphatic rings. The fraction of sp³-hybridized carbons (Fsp3) is 0.286. The standard InChI is InChI=1S/C21H23NO3/c1-24-19-13-12-17(15-20(19)25-18-9-5-6-10-18)22-21(23)14-11-16-7-3-2-4-8-16/h2-4,7-8,11-15,18H,5-6,9-10H2,1H3,(H,22,23)/b14-11+. The van der Waals surface area contributed by atoms with Crippen molar-refractivity contribution in [3.8, 4) is 11.5 Å². The minimum Gasteiger partial charge on any atom is -0.493 e. The van der Waals surface area contributed by atoms with E-state index in [9.17, 15) is 4.79 Å². The first kappa shape index (κ1) is 17.1. The summed E-state index contributed by atoms with van der Waals surface area (Å²) in [4.78, 5) is 12.1. The van der Waals surface area contributed by atoms with Crippen molar-refractivity contribution >= 4 is 17.7 Å². The molecule has 4 heteroatoms.